The predicted octanol–water partition coefficient (Wildman–Crippen LogP) is 1.85. The largest absolute Gasteiger partial charge is 0.312 e. The van der Waals surface area contributed by atoms with E-state index in [0.29, 0.717) is 0 Å². The van der Waals surface area contributed by atoms with E-state index in [4.69, 9.17) is 11.9 Å². The Labute approximate surface area is 76.2 Å². The van der Waals surface area contributed by atoms with Crippen LogP contribution in [0.2, 0.25) is 0 Å². The molecule has 0 aliphatic carbocycles. The summed E-state index contributed by atoms with van der Waals surface area (Å²) in [5, 5.41) is 0. The fourth-order valence-electron chi connectivity index (χ4n) is 0.807. The zero-order valence-corrected chi connectivity index (χ0v) is 7.89. The van der Waals surface area contributed by atoms with Gasteiger partial charge in [0.05, 0.1) is 16.8 Å². The quantitative estimate of drug-likeness (QED) is 0.742. The number of halogens is 1. The third-order valence-corrected chi connectivity index (χ3v) is 2.86. The molecule has 1 aromatic rings. The van der Waals surface area contributed by atoms with Crippen LogP contribution in [0, 0.1) is 6.92 Å². The first kappa shape index (κ1) is 9.51. The Morgan fingerprint density at radius 1 is 1.42 bits per heavy atom. The molecule has 0 aliphatic heterocycles. The van der Waals surface area contributed by atoms with Gasteiger partial charge in [-0.3, -0.25) is 0 Å². The molecule has 1 rings (SSSR count). The molecule has 0 radical (unpaired) electrons. The molecule has 3 nitrogen and oxygen atoms in total. The van der Waals surface area contributed by atoms with E-state index < -0.39 is 10.1 Å². The molecule has 66 valence electrons. The molecule has 0 spiro atoms. The SMILES string of the molecule is Cc1cccc(S(=O)(=O)OCl)c1. The molecule has 1 aromatic carbocycles. The molecule has 0 heterocycles. The lowest BCUT2D eigenvalue weighted by Gasteiger charge is -1.98. The highest BCUT2D eigenvalue weighted by atomic mass is 35.5. The third kappa shape index (κ3) is 1.97. The van der Waals surface area contributed by atoms with Crippen LogP contribution in [0.15, 0.2) is 29.2 Å². The van der Waals surface area contributed by atoms with Crippen molar-refractivity contribution in [1.29, 1.82) is 0 Å². The van der Waals surface area contributed by atoms with Gasteiger partial charge in [0.2, 0.25) is 0 Å². The van der Waals surface area contributed by atoms with E-state index in [2.05, 4.69) is 3.74 Å². The van der Waals surface area contributed by atoms with E-state index in [1.807, 2.05) is 0 Å². The Morgan fingerprint density at radius 2 is 2.08 bits per heavy atom. The van der Waals surface area contributed by atoms with Crippen molar-refractivity contribution >= 4 is 22.0 Å². The first-order valence-electron chi connectivity index (χ1n) is 3.18. The van der Waals surface area contributed by atoms with Crippen LogP contribution in [0.4, 0.5) is 0 Å². The topological polar surface area (TPSA) is 43.4 Å². The highest BCUT2D eigenvalue weighted by Gasteiger charge is 2.13. The van der Waals surface area contributed by atoms with Gasteiger partial charge in [-0.2, -0.15) is 12.2 Å². The maximum atomic E-state index is 11.0. The lowest BCUT2D eigenvalue weighted by Crippen LogP contribution is -1.99. The van der Waals surface area contributed by atoms with Crippen molar-refractivity contribution in [3.8, 4) is 0 Å². The smallest absolute Gasteiger partial charge is 0.193 e. The fraction of sp³-hybridized carbons (Fsp3) is 0.143. The number of aryl methyl sites for hydroxylation is 1. The minimum absolute atomic E-state index is 0.0671. The standard InChI is InChI=1S/C7H7ClO3S/c1-6-3-2-4-7(5-6)12(9,10)11-8/h2-5H,1H3. The minimum Gasteiger partial charge on any atom is -0.193 e. The summed E-state index contributed by atoms with van der Waals surface area (Å²) in [4.78, 5) is 0.0671. The Bertz CT molecular complexity index is 372. The highest BCUT2D eigenvalue weighted by Crippen LogP contribution is 2.14. The summed E-state index contributed by atoms with van der Waals surface area (Å²) in [6.45, 7) is 1.78. The first-order chi connectivity index (χ1) is 5.56. The van der Waals surface area contributed by atoms with Crippen molar-refractivity contribution in [3.63, 3.8) is 0 Å². The van der Waals surface area contributed by atoms with Crippen LogP contribution in [-0.2, 0) is 13.9 Å². The van der Waals surface area contributed by atoms with Gasteiger partial charge in [0.1, 0.15) is 0 Å². The molecule has 0 fully saturated rings. The van der Waals surface area contributed by atoms with Crippen molar-refractivity contribution in [2.75, 3.05) is 0 Å². The Balaban J connectivity index is 3.21. The maximum Gasteiger partial charge on any atom is 0.312 e. The summed E-state index contributed by atoms with van der Waals surface area (Å²) in [6, 6.07) is 6.31. The normalized spacial score (nSPS) is 11.5. The van der Waals surface area contributed by atoms with Crippen LogP contribution < -0.4 is 0 Å². The monoisotopic (exact) mass is 206 g/mol. The summed E-state index contributed by atoms with van der Waals surface area (Å²) < 4.78 is 25.8. The first-order valence-corrected chi connectivity index (χ1v) is 4.90. The number of benzene rings is 1. The Kier molecular flexibility index (Phi) is 2.72. The van der Waals surface area contributed by atoms with Gasteiger partial charge in [-0.15, -0.1) is 0 Å². The molecule has 0 bridgehead atoms. The van der Waals surface area contributed by atoms with Gasteiger partial charge in [-0.1, -0.05) is 12.1 Å². The molecule has 0 saturated heterocycles. The average Bonchev–Trinajstić information content (AvgIpc) is 2.05. The second-order valence-corrected chi connectivity index (χ2v) is 4.22. The van der Waals surface area contributed by atoms with Crippen LogP contribution in [0.25, 0.3) is 0 Å². The van der Waals surface area contributed by atoms with Gasteiger partial charge in [0, 0.05) is 0 Å². The second kappa shape index (κ2) is 3.43. The van der Waals surface area contributed by atoms with Gasteiger partial charge < -0.3 is 0 Å². The van der Waals surface area contributed by atoms with Gasteiger partial charge in [0.15, 0.2) is 0 Å². The lowest BCUT2D eigenvalue weighted by atomic mass is 10.2. The second-order valence-electron chi connectivity index (χ2n) is 2.33. The summed E-state index contributed by atoms with van der Waals surface area (Å²) in [6.07, 6.45) is 0. The van der Waals surface area contributed by atoms with E-state index in [9.17, 15) is 8.42 Å². The highest BCUT2D eigenvalue weighted by molar-refractivity contribution is 7.87. The molecule has 0 saturated carbocycles. The van der Waals surface area contributed by atoms with Crippen LogP contribution in [0.1, 0.15) is 5.56 Å². The van der Waals surface area contributed by atoms with E-state index in [1.54, 1.807) is 19.1 Å². The van der Waals surface area contributed by atoms with E-state index in [1.165, 1.54) is 12.1 Å². The van der Waals surface area contributed by atoms with E-state index >= 15 is 0 Å². The molecule has 0 N–H and O–H groups in total. The van der Waals surface area contributed by atoms with Crippen LogP contribution >= 0.6 is 11.9 Å². The minimum atomic E-state index is -3.76. The molecule has 5 heteroatoms. The fourth-order valence-corrected chi connectivity index (χ4v) is 1.67. The maximum absolute atomic E-state index is 11.0. The molecule has 0 atom stereocenters. The average molecular weight is 207 g/mol. The summed E-state index contributed by atoms with van der Waals surface area (Å²) >= 11 is 4.79. The van der Waals surface area contributed by atoms with Gasteiger partial charge >= 0.3 is 10.1 Å². The van der Waals surface area contributed by atoms with E-state index in [-0.39, 0.29) is 4.90 Å². The van der Waals surface area contributed by atoms with Crippen molar-refractivity contribution in [1.82, 2.24) is 0 Å². The van der Waals surface area contributed by atoms with Crippen molar-refractivity contribution < 1.29 is 12.2 Å². The van der Waals surface area contributed by atoms with Gasteiger partial charge in [-0.25, -0.2) is 0 Å². The van der Waals surface area contributed by atoms with Crippen LogP contribution in [0.5, 0.6) is 0 Å². The summed E-state index contributed by atoms with van der Waals surface area (Å²) in [5.74, 6) is 0. The van der Waals surface area contributed by atoms with Gasteiger partial charge in [0.25, 0.3) is 0 Å². The van der Waals surface area contributed by atoms with Crippen molar-refractivity contribution in [2.45, 2.75) is 11.8 Å². The number of hydrogen-bond acceptors (Lipinski definition) is 3. The van der Waals surface area contributed by atoms with E-state index in [0.717, 1.165) is 5.56 Å². The van der Waals surface area contributed by atoms with Crippen LogP contribution in [-0.4, -0.2) is 8.42 Å². The Morgan fingerprint density at radius 3 is 2.58 bits per heavy atom. The molecule has 0 unspecified atom stereocenters. The number of rotatable bonds is 2. The third-order valence-electron chi connectivity index (χ3n) is 1.36. The van der Waals surface area contributed by atoms with Crippen molar-refractivity contribution in [2.24, 2.45) is 0 Å². The molecular weight excluding hydrogens is 200 g/mol. The van der Waals surface area contributed by atoms with Crippen LogP contribution in [0.3, 0.4) is 0 Å². The molecule has 12 heavy (non-hydrogen) atoms. The number of hydrogen-bond donors (Lipinski definition) is 0. The lowest BCUT2D eigenvalue weighted by molar-refractivity contribution is 0.509. The predicted molar refractivity (Wildman–Crippen MR) is 45.3 cm³/mol. The van der Waals surface area contributed by atoms with Crippen molar-refractivity contribution in [3.05, 3.63) is 29.8 Å². The summed E-state index contributed by atoms with van der Waals surface area (Å²) in [7, 11) is -3.76. The van der Waals surface area contributed by atoms with Gasteiger partial charge in [-0.05, 0) is 24.6 Å². The molecule has 0 aromatic heterocycles. The zero-order chi connectivity index (χ0) is 9.19. The summed E-state index contributed by atoms with van der Waals surface area (Å²) in [5.41, 5.74) is 0.838. The Hall–Kier alpha value is -0.580. The molecular formula is C7H7ClO3S. The molecule has 0 aliphatic rings. The molecule has 0 amide bonds. The zero-order valence-electron chi connectivity index (χ0n) is 6.32.